The van der Waals surface area contributed by atoms with E-state index in [4.69, 9.17) is 4.74 Å². The van der Waals surface area contributed by atoms with Crippen LogP contribution in [0.25, 0.3) is 17.0 Å². The van der Waals surface area contributed by atoms with Gasteiger partial charge in [-0.05, 0) is 86.1 Å². The Kier molecular flexibility index (Phi) is 9.67. The maximum absolute atomic E-state index is 13.5. The number of allylic oxidation sites excluding steroid dienone is 1. The highest BCUT2D eigenvalue weighted by atomic mass is 32.2. The molecule has 1 aliphatic carbocycles. The van der Waals surface area contributed by atoms with Crippen molar-refractivity contribution in [2.75, 3.05) is 39.4 Å². The number of ether oxygens (including phenoxy) is 1. The number of nitrogens with zero attached hydrogens (tertiary/aromatic N) is 3. The van der Waals surface area contributed by atoms with Crippen LogP contribution < -0.4 is 10.6 Å². The summed E-state index contributed by atoms with van der Waals surface area (Å²) in [4.78, 5) is 45.4. The molecule has 13 heteroatoms. The van der Waals surface area contributed by atoms with Gasteiger partial charge in [-0.2, -0.15) is 4.31 Å². The number of likely N-dealkylation sites (tertiary alicyclic amines) is 1. The third-order valence-corrected chi connectivity index (χ3v) is 10.7. The molecule has 0 radical (unpaired) electrons. The second kappa shape index (κ2) is 13.9. The van der Waals surface area contributed by atoms with E-state index in [-0.39, 0.29) is 23.0 Å². The van der Waals surface area contributed by atoms with Crippen LogP contribution in [0.2, 0.25) is 0 Å². The number of pyridine rings is 1. The van der Waals surface area contributed by atoms with Gasteiger partial charge in [-0.3, -0.25) is 14.4 Å². The molecule has 0 unspecified atom stereocenters. The topological polar surface area (TPSA) is 138 Å². The van der Waals surface area contributed by atoms with Crippen LogP contribution in [0.3, 0.4) is 0 Å². The number of rotatable bonds is 10. The van der Waals surface area contributed by atoms with Gasteiger partial charge in [0.05, 0.1) is 36.2 Å². The van der Waals surface area contributed by atoms with Crippen molar-refractivity contribution in [2.24, 2.45) is 5.92 Å². The van der Waals surface area contributed by atoms with Gasteiger partial charge >= 0.3 is 0 Å². The largest absolute Gasteiger partial charge is 0.379 e. The zero-order valence-corrected chi connectivity index (χ0v) is 27.0. The van der Waals surface area contributed by atoms with E-state index in [0.29, 0.717) is 68.1 Å². The number of morpholine rings is 1. The van der Waals surface area contributed by atoms with Crippen LogP contribution in [0.1, 0.15) is 60.3 Å². The Morgan fingerprint density at radius 3 is 2.60 bits per heavy atom. The van der Waals surface area contributed by atoms with Crippen molar-refractivity contribution < 1.29 is 31.9 Å². The molecule has 1 saturated carbocycles. The van der Waals surface area contributed by atoms with Crippen molar-refractivity contribution in [3.8, 4) is 0 Å². The van der Waals surface area contributed by atoms with Gasteiger partial charge in [-0.1, -0.05) is 24.3 Å². The van der Waals surface area contributed by atoms with Crippen LogP contribution in [0.5, 0.6) is 0 Å². The lowest BCUT2D eigenvalue weighted by Crippen LogP contribution is -2.49. The summed E-state index contributed by atoms with van der Waals surface area (Å²) in [5, 5.41) is 6.18. The minimum absolute atomic E-state index is 0.0942. The predicted octanol–water partition coefficient (Wildman–Crippen LogP) is 3.42. The van der Waals surface area contributed by atoms with Crippen LogP contribution in [0.4, 0.5) is 4.39 Å². The second-order valence-corrected chi connectivity index (χ2v) is 14.1. The molecular formula is C34H38FN5O6S. The van der Waals surface area contributed by atoms with Crippen LogP contribution in [0.15, 0.2) is 59.5 Å². The van der Waals surface area contributed by atoms with Gasteiger partial charge in [0, 0.05) is 25.0 Å². The van der Waals surface area contributed by atoms with Gasteiger partial charge in [-0.15, -0.1) is 0 Å². The first-order valence-corrected chi connectivity index (χ1v) is 17.4. The van der Waals surface area contributed by atoms with E-state index >= 15 is 0 Å². The summed E-state index contributed by atoms with van der Waals surface area (Å²) in [5.74, 6) is -1.20. The fourth-order valence-corrected chi connectivity index (χ4v) is 7.46. The lowest BCUT2D eigenvalue weighted by atomic mass is 10.00. The van der Waals surface area contributed by atoms with Gasteiger partial charge < -0.3 is 20.3 Å². The summed E-state index contributed by atoms with van der Waals surface area (Å²) in [6.07, 6.45) is 7.32. The molecule has 11 nitrogen and oxygen atoms in total. The third kappa shape index (κ3) is 7.53. The van der Waals surface area contributed by atoms with Crippen molar-refractivity contribution in [1.29, 1.82) is 0 Å². The van der Waals surface area contributed by atoms with E-state index in [1.54, 1.807) is 24.3 Å². The Hall–Kier alpha value is -4.20. The molecule has 2 N–H and O–H groups in total. The van der Waals surface area contributed by atoms with Gasteiger partial charge in [0.2, 0.25) is 21.8 Å². The van der Waals surface area contributed by atoms with Crippen LogP contribution in [-0.4, -0.2) is 85.8 Å². The molecular weight excluding hydrogens is 625 g/mol. The molecule has 47 heavy (non-hydrogen) atoms. The molecule has 0 spiro atoms. The number of aromatic nitrogens is 1. The average Bonchev–Trinajstić information content (AvgIpc) is 3.78. The Morgan fingerprint density at radius 2 is 1.83 bits per heavy atom. The predicted molar refractivity (Wildman–Crippen MR) is 173 cm³/mol. The molecule has 2 aliphatic heterocycles. The molecule has 2 atom stereocenters. The lowest BCUT2D eigenvalue weighted by Gasteiger charge is -2.27. The normalized spacial score (nSPS) is 19.6. The Morgan fingerprint density at radius 1 is 1.04 bits per heavy atom. The van der Waals surface area contributed by atoms with Crippen molar-refractivity contribution in [3.05, 3.63) is 77.2 Å². The zero-order valence-electron chi connectivity index (χ0n) is 26.2. The van der Waals surface area contributed by atoms with Gasteiger partial charge in [0.1, 0.15) is 17.6 Å². The number of nitrogens with one attached hydrogen (secondary N) is 2. The molecule has 3 aliphatic rings. The Bertz CT molecular complexity index is 1820. The fraction of sp³-hybridized carbons (Fsp3) is 0.412. The lowest BCUT2D eigenvalue weighted by molar-refractivity contribution is -0.137. The van der Waals surface area contributed by atoms with Crippen molar-refractivity contribution in [3.63, 3.8) is 0 Å². The average molecular weight is 664 g/mol. The Balaban J connectivity index is 1.11. The number of carbonyl (C=O) groups excluding carboxylic acids is 3. The minimum Gasteiger partial charge on any atom is -0.379 e. The highest BCUT2D eigenvalue weighted by molar-refractivity contribution is 7.89. The zero-order chi connectivity index (χ0) is 33.1. The van der Waals surface area contributed by atoms with E-state index in [1.807, 2.05) is 13.0 Å². The summed E-state index contributed by atoms with van der Waals surface area (Å²) in [6, 6.07) is 10.9. The summed E-state index contributed by atoms with van der Waals surface area (Å²) in [5.41, 5.74) is 2.03. The SMILES string of the molecule is C[C@H](NC(=O)[C@@H]1CCCN1C(=O)CNC(=O)c1ccc2cc(F)ccc2n1)c1ccc(S(=O)(=O)N2CCOCC2)cc1/C=C/C1CC1. The summed E-state index contributed by atoms with van der Waals surface area (Å²) >= 11 is 0. The van der Waals surface area contributed by atoms with E-state index in [0.717, 1.165) is 18.4 Å². The molecule has 1 aromatic heterocycles. The number of fused-ring (bicyclic) bond motifs is 1. The summed E-state index contributed by atoms with van der Waals surface area (Å²) < 4.78 is 47.0. The van der Waals surface area contributed by atoms with Crippen LogP contribution in [0, 0.1) is 11.7 Å². The smallest absolute Gasteiger partial charge is 0.270 e. The number of hydrogen-bond donors (Lipinski definition) is 2. The molecule has 3 amide bonds. The molecule has 248 valence electrons. The molecule has 3 heterocycles. The highest BCUT2D eigenvalue weighted by Crippen LogP contribution is 2.33. The molecule has 6 rings (SSSR count). The van der Waals surface area contributed by atoms with Gasteiger partial charge in [0.15, 0.2) is 0 Å². The maximum atomic E-state index is 13.5. The first kappa shape index (κ1) is 32.7. The first-order valence-electron chi connectivity index (χ1n) is 15.9. The number of benzene rings is 2. The molecule has 2 aromatic carbocycles. The molecule has 3 fully saturated rings. The van der Waals surface area contributed by atoms with E-state index in [2.05, 4.69) is 21.7 Å². The number of sulfonamides is 1. The number of hydrogen-bond acceptors (Lipinski definition) is 7. The number of amides is 3. The van der Waals surface area contributed by atoms with Crippen molar-refractivity contribution >= 4 is 44.7 Å². The van der Waals surface area contributed by atoms with Crippen LogP contribution in [-0.2, 0) is 24.3 Å². The molecule has 2 saturated heterocycles. The quantitative estimate of drug-likeness (QED) is 0.339. The van der Waals surface area contributed by atoms with Crippen molar-refractivity contribution in [2.45, 2.75) is 49.6 Å². The van der Waals surface area contributed by atoms with E-state index in [9.17, 15) is 27.2 Å². The summed E-state index contributed by atoms with van der Waals surface area (Å²) in [7, 11) is -3.70. The van der Waals surface area contributed by atoms with Gasteiger partial charge in [-0.25, -0.2) is 17.8 Å². The first-order chi connectivity index (χ1) is 22.6. The molecule has 0 bridgehead atoms. The minimum atomic E-state index is -3.70. The van der Waals surface area contributed by atoms with E-state index in [1.165, 1.54) is 33.5 Å². The monoisotopic (exact) mass is 663 g/mol. The summed E-state index contributed by atoms with van der Waals surface area (Å²) in [6.45, 7) is 3.21. The second-order valence-electron chi connectivity index (χ2n) is 12.2. The highest BCUT2D eigenvalue weighted by Gasteiger charge is 2.35. The third-order valence-electron chi connectivity index (χ3n) is 8.82. The van der Waals surface area contributed by atoms with Crippen molar-refractivity contribution in [1.82, 2.24) is 24.8 Å². The number of carbonyl (C=O) groups is 3. The fourth-order valence-electron chi connectivity index (χ4n) is 6.01. The van der Waals surface area contributed by atoms with Gasteiger partial charge in [0.25, 0.3) is 5.91 Å². The van der Waals surface area contributed by atoms with E-state index < -0.39 is 39.7 Å². The maximum Gasteiger partial charge on any atom is 0.270 e. The Labute approximate surface area is 273 Å². The molecule has 3 aromatic rings. The van der Waals surface area contributed by atoms with Crippen LogP contribution >= 0.6 is 0 Å². The number of halogens is 1. The standard InChI is InChI=1S/C34H38FN5O6S/c1-22(28-11-10-27(20-24(28)7-6-23-4-5-23)47(44,45)39-15-17-46-18-16-39)37-34(43)31-3-2-14-40(31)32(41)21-36-33(42)30-12-8-25-19-26(35)9-13-29(25)38-30/h6-13,19-20,22-23,31H,2-5,14-18,21H2,1H3,(H,36,42)(H,37,43)/b7-6+/t22-,31-/m0/s1.